The maximum atomic E-state index is 11.1. The Bertz CT molecular complexity index is 418. The van der Waals surface area contributed by atoms with Gasteiger partial charge in [0.05, 0.1) is 5.92 Å². The molecule has 0 saturated carbocycles. The van der Waals surface area contributed by atoms with Crippen LogP contribution >= 0.6 is 0 Å². The van der Waals surface area contributed by atoms with E-state index in [4.69, 9.17) is 5.11 Å². The molecule has 0 aliphatic carbocycles. The first-order valence-electron chi connectivity index (χ1n) is 7.17. The average molecular weight is 261 g/mol. The first-order valence-corrected chi connectivity index (χ1v) is 7.17. The van der Waals surface area contributed by atoms with Crippen LogP contribution in [0.25, 0.3) is 0 Å². The minimum absolute atomic E-state index is 0.167. The number of carbonyl (C=O) groups is 1. The van der Waals surface area contributed by atoms with Crippen molar-refractivity contribution in [1.82, 2.24) is 4.90 Å². The van der Waals surface area contributed by atoms with Crippen LogP contribution in [0.5, 0.6) is 0 Å². The van der Waals surface area contributed by atoms with Gasteiger partial charge in [-0.25, -0.2) is 0 Å². The van der Waals surface area contributed by atoms with Gasteiger partial charge in [-0.05, 0) is 38.3 Å². The van der Waals surface area contributed by atoms with Crippen LogP contribution in [-0.4, -0.2) is 28.6 Å². The summed E-state index contributed by atoms with van der Waals surface area (Å²) in [4.78, 5) is 13.6. The molecule has 2 rings (SSSR count). The molecule has 1 aromatic rings. The smallest absolute Gasteiger partial charge is 0.306 e. The second-order valence-electron chi connectivity index (χ2n) is 5.48. The summed E-state index contributed by atoms with van der Waals surface area (Å²) in [5.41, 5.74) is 1.34. The Morgan fingerprint density at radius 2 is 2.11 bits per heavy atom. The molecule has 19 heavy (non-hydrogen) atoms. The van der Waals surface area contributed by atoms with Crippen LogP contribution in [0, 0.1) is 5.92 Å². The molecule has 0 spiro atoms. The van der Waals surface area contributed by atoms with Crippen molar-refractivity contribution >= 4 is 5.97 Å². The van der Waals surface area contributed by atoms with Crippen molar-refractivity contribution in [3.05, 3.63) is 35.9 Å². The van der Waals surface area contributed by atoms with Gasteiger partial charge in [-0.2, -0.15) is 0 Å². The molecule has 1 N–H and O–H groups in total. The number of likely N-dealkylation sites (tertiary alicyclic amines) is 1. The highest BCUT2D eigenvalue weighted by molar-refractivity contribution is 5.70. The van der Waals surface area contributed by atoms with Gasteiger partial charge in [-0.1, -0.05) is 37.3 Å². The molecule has 1 aromatic carbocycles. The lowest BCUT2D eigenvalue weighted by Gasteiger charge is -2.41. The highest BCUT2D eigenvalue weighted by Crippen LogP contribution is 2.32. The Labute approximate surface area is 115 Å². The molecule has 1 heterocycles. The Hall–Kier alpha value is -1.35. The number of hydrogen-bond acceptors (Lipinski definition) is 2. The summed E-state index contributed by atoms with van der Waals surface area (Å²) < 4.78 is 0. The Kier molecular flexibility index (Phi) is 4.59. The van der Waals surface area contributed by atoms with Crippen molar-refractivity contribution in [1.29, 1.82) is 0 Å². The van der Waals surface area contributed by atoms with Crippen LogP contribution in [0.15, 0.2) is 30.3 Å². The van der Waals surface area contributed by atoms with E-state index in [1.807, 2.05) is 6.07 Å². The number of rotatable bonds is 4. The molecule has 3 atom stereocenters. The van der Waals surface area contributed by atoms with Crippen LogP contribution in [-0.2, 0) is 4.79 Å². The molecule has 1 fully saturated rings. The molecule has 0 bridgehead atoms. The minimum atomic E-state index is -0.640. The van der Waals surface area contributed by atoms with Crippen LogP contribution in [0.4, 0.5) is 0 Å². The van der Waals surface area contributed by atoms with Gasteiger partial charge in [0, 0.05) is 12.1 Å². The van der Waals surface area contributed by atoms with Gasteiger partial charge >= 0.3 is 5.97 Å². The maximum absolute atomic E-state index is 11.1. The topological polar surface area (TPSA) is 40.5 Å². The monoisotopic (exact) mass is 261 g/mol. The number of aliphatic carboxylic acids is 1. The molecular weight excluding hydrogens is 238 g/mol. The van der Waals surface area contributed by atoms with E-state index in [-0.39, 0.29) is 5.92 Å². The van der Waals surface area contributed by atoms with E-state index in [1.54, 1.807) is 0 Å². The number of carboxylic acids is 1. The quantitative estimate of drug-likeness (QED) is 0.904. The summed E-state index contributed by atoms with van der Waals surface area (Å²) in [6.07, 6.45) is 2.59. The number of carboxylic acid groups (broad SMARTS) is 1. The molecule has 0 aromatic heterocycles. The third kappa shape index (κ3) is 3.16. The summed E-state index contributed by atoms with van der Waals surface area (Å²) in [6.45, 7) is 5.24. The second-order valence-corrected chi connectivity index (χ2v) is 5.48. The van der Waals surface area contributed by atoms with Crippen LogP contribution < -0.4 is 0 Å². The molecule has 1 aliphatic rings. The number of hydrogen-bond donors (Lipinski definition) is 1. The zero-order chi connectivity index (χ0) is 13.8. The van der Waals surface area contributed by atoms with E-state index < -0.39 is 5.97 Å². The van der Waals surface area contributed by atoms with Crippen molar-refractivity contribution in [3.8, 4) is 0 Å². The van der Waals surface area contributed by atoms with Gasteiger partial charge in [0.15, 0.2) is 0 Å². The largest absolute Gasteiger partial charge is 0.481 e. The molecule has 104 valence electrons. The lowest BCUT2D eigenvalue weighted by atomic mass is 9.89. The molecule has 3 heteroatoms. The van der Waals surface area contributed by atoms with E-state index in [2.05, 4.69) is 43.0 Å². The molecule has 3 unspecified atom stereocenters. The lowest BCUT2D eigenvalue weighted by molar-refractivity contribution is -0.144. The number of nitrogens with zero attached hydrogens (tertiary/aromatic N) is 1. The van der Waals surface area contributed by atoms with Crippen molar-refractivity contribution in [3.63, 3.8) is 0 Å². The SMILES string of the molecule is CCC(c1ccccc1)N1CCC(C(=O)O)CC1C. The number of benzene rings is 1. The van der Waals surface area contributed by atoms with Gasteiger partial charge in [0.2, 0.25) is 0 Å². The van der Waals surface area contributed by atoms with Crippen molar-refractivity contribution in [2.45, 2.75) is 45.2 Å². The predicted molar refractivity (Wildman–Crippen MR) is 76.0 cm³/mol. The van der Waals surface area contributed by atoms with Crippen LogP contribution in [0.2, 0.25) is 0 Å². The van der Waals surface area contributed by atoms with Crippen molar-refractivity contribution < 1.29 is 9.90 Å². The Morgan fingerprint density at radius 1 is 1.42 bits per heavy atom. The zero-order valence-corrected chi connectivity index (χ0v) is 11.7. The zero-order valence-electron chi connectivity index (χ0n) is 11.7. The molecule has 0 radical (unpaired) electrons. The van der Waals surface area contributed by atoms with E-state index in [1.165, 1.54) is 5.56 Å². The van der Waals surface area contributed by atoms with Gasteiger partial charge < -0.3 is 5.11 Å². The van der Waals surface area contributed by atoms with E-state index in [0.717, 1.165) is 25.8 Å². The Balaban J connectivity index is 2.10. The van der Waals surface area contributed by atoms with E-state index in [9.17, 15) is 4.79 Å². The van der Waals surface area contributed by atoms with Crippen LogP contribution in [0.3, 0.4) is 0 Å². The molecule has 1 aliphatic heterocycles. The summed E-state index contributed by atoms with van der Waals surface area (Å²) in [7, 11) is 0. The molecular formula is C16H23NO2. The van der Waals surface area contributed by atoms with Gasteiger partial charge in [-0.15, -0.1) is 0 Å². The standard InChI is InChI=1S/C16H23NO2/c1-3-15(13-7-5-4-6-8-13)17-10-9-14(16(18)19)11-12(17)2/h4-8,12,14-15H,3,9-11H2,1-2H3,(H,18,19). The lowest BCUT2D eigenvalue weighted by Crippen LogP contribution is -2.44. The first kappa shape index (κ1) is 14.1. The van der Waals surface area contributed by atoms with E-state index in [0.29, 0.717) is 12.1 Å². The predicted octanol–water partition coefficient (Wildman–Crippen LogP) is 3.32. The average Bonchev–Trinajstić information content (AvgIpc) is 2.42. The van der Waals surface area contributed by atoms with Crippen molar-refractivity contribution in [2.24, 2.45) is 5.92 Å². The summed E-state index contributed by atoms with van der Waals surface area (Å²) in [6, 6.07) is 11.3. The fraction of sp³-hybridized carbons (Fsp3) is 0.562. The fourth-order valence-electron chi connectivity index (χ4n) is 3.21. The summed E-state index contributed by atoms with van der Waals surface area (Å²) >= 11 is 0. The third-order valence-electron chi connectivity index (χ3n) is 4.25. The van der Waals surface area contributed by atoms with Gasteiger partial charge in [-0.3, -0.25) is 9.69 Å². The summed E-state index contributed by atoms with van der Waals surface area (Å²) in [5.74, 6) is -0.807. The first-order chi connectivity index (χ1) is 9.13. The summed E-state index contributed by atoms with van der Waals surface area (Å²) in [5, 5.41) is 9.14. The third-order valence-corrected chi connectivity index (χ3v) is 4.25. The van der Waals surface area contributed by atoms with Crippen LogP contribution in [0.1, 0.15) is 44.7 Å². The molecule has 1 saturated heterocycles. The Morgan fingerprint density at radius 3 is 2.63 bits per heavy atom. The molecule has 3 nitrogen and oxygen atoms in total. The maximum Gasteiger partial charge on any atom is 0.306 e. The second kappa shape index (κ2) is 6.20. The van der Waals surface area contributed by atoms with Gasteiger partial charge in [0.1, 0.15) is 0 Å². The normalized spacial score (nSPS) is 26.0. The van der Waals surface area contributed by atoms with E-state index >= 15 is 0 Å². The minimum Gasteiger partial charge on any atom is -0.481 e. The van der Waals surface area contributed by atoms with Gasteiger partial charge in [0.25, 0.3) is 0 Å². The number of piperidine rings is 1. The fourth-order valence-corrected chi connectivity index (χ4v) is 3.21. The van der Waals surface area contributed by atoms with Crippen molar-refractivity contribution in [2.75, 3.05) is 6.54 Å². The highest BCUT2D eigenvalue weighted by atomic mass is 16.4. The molecule has 0 amide bonds. The highest BCUT2D eigenvalue weighted by Gasteiger charge is 2.33.